The van der Waals surface area contributed by atoms with Crippen LogP contribution in [0.15, 0.2) is 31.0 Å². The van der Waals surface area contributed by atoms with Crippen molar-refractivity contribution in [3.05, 3.63) is 36.7 Å². The van der Waals surface area contributed by atoms with Crippen molar-refractivity contribution >= 4 is 5.70 Å². The minimum absolute atomic E-state index is 0.866. The number of rotatable bonds is 3. The molecule has 0 bridgehead atoms. The van der Waals surface area contributed by atoms with Crippen LogP contribution in [0, 0.1) is 0 Å². The lowest BCUT2D eigenvalue weighted by molar-refractivity contribution is 0.127. The number of likely N-dealkylation sites (N-methyl/N-ethyl adjacent to an activating group) is 1. The van der Waals surface area contributed by atoms with Gasteiger partial charge in [0, 0.05) is 32.4 Å². The number of hydrazine groups is 1. The second-order valence-corrected chi connectivity index (χ2v) is 4.10. The quantitative estimate of drug-likeness (QED) is 0.813. The average molecular weight is 218 g/mol. The molecule has 2 heterocycles. The third kappa shape index (κ3) is 2.81. The highest BCUT2D eigenvalue weighted by Crippen LogP contribution is 2.06. The van der Waals surface area contributed by atoms with Crippen LogP contribution < -0.4 is 5.43 Å². The molecule has 0 amide bonds. The molecule has 1 aromatic heterocycles. The predicted octanol–water partition coefficient (Wildman–Crippen LogP) is 0.804. The van der Waals surface area contributed by atoms with Crippen molar-refractivity contribution in [2.24, 2.45) is 0 Å². The zero-order valence-corrected chi connectivity index (χ0v) is 9.69. The lowest BCUT2D eigenvalue weighted by Crippen LogP contribution is -2.49. The molecule has 1 aromatic rings. The van der Waals surface area contributed by atoms with Gasteiger partial charge in [-0.15, -0.1) is 0 Å². The smallest absolute Gasteiger partial charge is 0.0868 e. The molecule has 2 rings (SSSR count). The van der Waals surface area contributed by atoms with Gasteiger partial charge in [0.15, 0.2) is 0 Å². The van der Waals surface area contributed by atoms with Crippen LogP contribution in [0.1, 0.15) is 5.69 Å². The van der Waals surface area contributed by atoms with Gasteiger partial charge in [-0.25, -0.2) is 5.01 Å². The summed E-state index contributed by atoms with van der Waals surface area (Å²) in [6.45, 7) is 8.21. The molecule has 16 heavy (non-hydrogen) atoms. The van der Waals surface area contributed by atoms with E-state index in [1.165, 1.54) is 0 Å². The highest BCUT2D eigenvalue weighted by atomic mass is 15.5. The molecule has 0 saturated carbocycles. The largest absolute Gasteiger partial charge is 0.317 e. The van der Waals surface area contributed by atoms with Gasteiger partial charge in [0.25, 0.3) is 0 Å². The van der Waals surface area contributed by atoms with Crippen molar-refractivity contribution in [1.29, 1.82) is 0 Å². The monoisotopic (exact) mass is 218 g/mol. The molecule has 0 spiro atoms. The van der Waals surface area contributed by atoms with Gasteiger partial charge in [-0.3, -0.25) is 4.98 Å². The molecule has 0 radical (unpaired) electrons. The first-order valence-corrected chi connectivity index (χ1v) is 5.56. The maximum atomic E-state index is 4.26. The summed E-state index contributed by atoms with van der Waals surface area (Å²) in [5.41, 5.74) is 5.08. The molecule has 0 unspecified atom stereocenters. The summed E-state index contributed by atoms with van der Waals surface area (Å²) in [7, 11) is 2.14. The fourth-order valence-electron chi connectivity index (χ4n) is 1.71. The lowest BCUT2D eigenvalue weighted by Gasteiger charge is -2.33. The van der Waals surface area contributed by atoms with Crippen molar-refractivity contribution < 1.29 is 0 Å². The van der Waals surface area contributed by atoms with Crippen molar-refractivity contribution in [3.8, 4) is 0 Å². The maximum Gasteiger partial charge on any atom is 0.0868 e. The molecule has 0 atom stereocenters. The normalized spacial score (nSPS) is 18.3. The van der Waals surface area contributed by atoms with E-state index in [2.05, 4.69) is 33.9 Å². The van der Waals surface area contributed by atoms with Crippen molar-refractivity contribution in [2.75, 3.05) is 33.2 Å². The zero-order chi connectivity index (χ0) is 11.4. The van der Waals surface area contributed by atoms with E-state index in [9.17, 15) is 0 Å². The van der Waals surface area contributed by atoms with Crippen LogP contribution in [-0.4, -0.2) is 48.1 Å². The highest BCUT2D eigenvalue weighted by Gasteiger charge is 2.14. The highest BCUT2D eigenvalue weighted by molar-refractivity contribution is 5.57. The topological polar surface area (TPSA) is 31.4 Å². The van der Waals surface area contributed by atoms with Crippen LogP contribution in [0.2, 0.25) is 0 Å². The number of pyridine rings is 1. The second-order valence-electron chi connectivity index (χ2n) is 4.10. The van der Waals surface area contributed by atoms with Crippen LogP contribution in [0.3, 0.4) is 0 Å². The fourth-order valence-corrected chi connectivity index (χ4v) is 1.71. The van der Waals surface area contributed by atoms with Crippen LogP contribution in [0.25, 0.3) is 5.70 Å². The molecular weight excluding hydrogens is 200 g/mol. The average Bonchev–Trinajstić information content (AvgIpc) is 2.33. The third-order valence-electron chi connectivity index (χ3n) is 2.77. The number of nitrogens with one attached hydrogen (secondary N) is 1. The Kier molecular flexibility index (Phi) is 3.54. The van der Waals surface area contributed by atoms with Crippen molar-refractivity contribution in [1.82, 2.24) is 20.3 Å². The Labute approximate surface area is 96.5 Å². The first-order valence-electron chi connectivity index (χ1n) is 5.56. The van der Waals surface area contributed by atoms with Crippen molar-refractivity contribution in [2.45, 2.75) is 0 Å². The number of aromatic nitrogens is 1. The second kappa shape index (κ2) is 5.09. The van der Waals surface area contributed by atoms with E-state index in [0.29, 0.717) is 0 Å². The third-order valence-corrected chi connectivity index (χ3v) is 2.77. The first-order chi connectivity index (χ1) is 7.75. The Hall–Kier alpha value is -1.39. The van der Waals surface area contributed by atoms with Crippen LogP contribution in [0.4, 0.5) is 0 Å². The van der Waals surface area contributed by atoms with Gasteiger partial charge in [0.1, 0.15) is 0 Å². The van der Waals surface area contributed by atoms with Gasteiger partial charge in [-0.1, -0.05) is 12.6 Å². The lowest BCUT2D eigenvalue weighted by atomic mass is 10.3. The maximum absolute atomic E-state index is 4.26. The van der Waals surface area contributed by atoms with E-state index in [-0.39, 0.29) is 0 Å². The summed E-state index contributed by atoms with van der Waals surface area (Å²) >= 11 is 0. The number of nitrogens with zero attached hydrogens (tertiary/aromatic N) is 3. The minimum Gasteiger partial charge on any atom is -0.317 e. The molecule has 1 aliphatic rings. The van der Waals surface area contributed by atoms with E-state index in [0.717, 1.165) is 37.6 Å². The Morgan fingerprint density at radius 1 is 1.31 bits per heavy atom. The van der Waals surface area contributed by atoms with Crippen LogP contribution in [0.5, 0.6) is 0 Å². The molecular formula is C12H18N4. The van der Waals surface area contributed by atoms with E-state index < -0.39 is 0 Å². The molecule has 4 heteroatoms. The van der Waals surface area contributed by atoms with Gasteiger partial charge in [0.2, 0.25) is 0 Å². The van der Waals surface area contributed by atoms with Gasteiger partial charge in [0.05, 0.1) is 11.4 Å². The summed E-state index contributed by atoms with van der Waals surface area (Å²) in [5.74, 6) is 0. The van der Waals surface area contributed by atoms with Gasteiger partial charge in [-0.05, 0) is 19.2 Å². The number of hydrogen-bond acceptors (Lipinski definition) is 4. The Balaban J connectivity index is 1.88. The Bertz CT molecular complexity index is 341. The summed E-state index contributed by atoms with van der Waals surface area (Å²) in [6, 6.07) is 5.84. The van der Waals surface area contributed by atoms with Crippen molar-refractivity contribution in [3.63, 3.8) is 0 Å². The molecule has 4 nitrogen and oxygen atoms in total. The molecule has 1 N–H and O–H groups in total. The molecule has 1 saturated heterocycles. The van der Waals surface area contributed by atoms with Crippen LogP contribution in [-0.2, 0) is 0 Å². The SMILES string of the molecule is C=C(NN1CCN(C)CC1)c1ccccn1. The molecule has 0 aliphatic carbocycles. The number of hydrogen-bond donors (Lipinski definition) is 1. The van der Waals surface area contributed by atoms with E-state index in [1.54, 1.807) is 6.20 Å². The Morgan fingerprint density at radius 3 is 2.69 bits per heavy atom. The Morgan fingerprint density at radius 2 is 2.06 bits per heavy atom. The number of piperazine rings is 1. The summed E-state index contributed by atoms with van der Waals surface area (Å²) in [5, 5.41) is 2.19. The summed E-state index contributed by atoms with van der Waals surface area (Å²) < 4.78 is 0. The standard InChI is InChI=1S/C12H18N4/c1-11(12-5-3-4-6-13-12)14-16-9-7-15(2)8-10-16/h3-6,14H,1,7-10H2,2H3. The van der Waals surface area contributed by atoms with Gasteiger partial charge in [-0.2, -0.15) is 0 Å². The van der Waals surface area contributed by atoms with E-state index in [4.69, 9.17) is 0 Å². The zero-order valence-electron chi connectivity index (χ0n) is 9.69. The first kappa shape index (κ1) is 11.1. The van der Waals surface area contributed by atoms with Crippen LogP contribution >= 0.6 is 0 Å². The van der Waals surface area contributed by atoms with E-state index in [1.807, 2.05) is 18.2 Å². The predicted molar refractivity (Wildman–Crippen MR) is 65.5 cm³/mol. The summed E-state index contributed by atoms with van der Waals surface area (Å²) in [4.78, 5) is 6.58. The molecule has 0 aromatic carbocycles. The fraction of sp³-hybridized carbons (Fsp3) is 0.417. The summed E-state index contributed by atoms with van der Waals surface area (Å²) in [6.07, 6.45) is 1.78. The van der Waals surface area contributed by atoms with Gasteiger partial charge >= 0.3 is 0 Å². The molecule has 86 valence electrons. The van der Waals surface area contributed by atoms with Gasteiger partial charge < -0.3 is 10.3 Å². The molecule has 1 aliphatic heterocycles. The minimum atomic E-state index is 0.866. The van der Waals surface area contributed by atoms with E-state index >= 15 is 0 Å². The molecule has 1 fully saturated rings.